The van der Waals surface area contributed by atoms with Gasteiger partial charge in [0.15, 0.2) is 0 Å². The maximum Gasteiger partial charge on any atom is 0.217 e. The molecule has 3 rings (SSSR count). The summed E-state index contributed by atoms with van der Waals surface area (Å²) in [6.07, 6.45) is 6.96. The van der Waals surface area contributed by atoms with E-state index < -0.39 is 0 Å². The minimum atomic E-state index is -0.253. The molecule has 6 heteroatoms. The molecule has 3 heterocycles. The summed E-state index contributed by atoms with van der Waals surface area (Å²) in [6, 6.07) is 4.21. The van der Waals surface area contributed by atoms with Gasteiger partial charge in [0.1, 0.15) is 5.82 Å². The van der Waals surface area contributed by atoms with Gasteiger partial charge in [0.05, 0.1) is 6.54 Å². The van der Waals surface area contributed by atoms with E-state index in [1.165, 1.54) is 0 Å². The summed E-state index contributed by atoms with van der Waals surface area (Å²) in [4.78, 5) is 25.6. The van der Waals surface area contributed by atoms with Crippen molar-refractivity contribution >= 4 is 5.91 Å². The van der Waals surface area contributed by atoms with E-state index in [0.717, 1.165) is 55.3 Å². The largest absolute Gasteiger partial charge is 0.370 e. The molecule has 6 nitrogen and oxygen atoms in total. The number of imidazole rings is 1. The van der Waals surface area contributed by atoms with Crippen LogP contribution in [0.15, 0.2) is 24.5 Å². The molecule has 1 aliphatic heterocycles. The lowest BCUT2D eigenvalue weighted by atomic mass is 9.91. The van der Waals surface area contributed by atoms with Crippen LogP contribution in [-0.2, 0) is 17.8 Å². The van der Waals surface area contributed by atoms with E-state index >= 15 is 0 Å². The van der Waals surface area contributed by atoms with Crippen molar-refractivity contribution in [3.8, 4) is 0 Å². The lowest BCUT2D eigenvalue weighted by Crippen LogP contribution is -2.33. The first-order valence-electron chi connectivity index (χ1n) is 8.56. The number of piperidine rings is 1. The van der Waals surface area contributed by atoms with E-state index in [2.05, 4.69) is 27.0 Å². The Morgan fingerprint density at radius 1 is 1.38 bits per heavy atom. The Morgan fingerprint density at radius 2 is 2.17 bits per heavy atom. The monoisotopic (exact) mass is 327 g/mol. The molecule has 0 saturated carbocycles. The van der Waals surface area contributed by atoms with Gasteiger partial charge in [0.2, 0.25) is 5.91 Å². The van der Waals surface area contributed by atoms with Gasteiger partial charge in [-0.2, -0.15) is 0 Å². The molecule has 24 heavy (non-hydrogen) atoms. The molecule has 128 valence electrons. The summed E-state index contributed by atoms with van der Waals surface area (Å²) in [7, 11) is 0. The normalized spacial score (nSPS) is 16.4. The number of H-pyrrole nitrogens is 1. The number of nitrogens with two attached hydrogens (primary N) is 1. The molecule has 0 atom stereocenters. The summed E-state index contributed by atoms with van der Waals surface area (Å²) >= 11 is 0. The quantitative estimate of drug-likeness (QED) is 0.848. The molecule has 0 radical (unpaired) electrons. The fourth-order valence-electron chi connectivity index (χ4n) is 3.37. The first-order valence-corrected chi connectivity index (χ1v) is 8.56. The molecule has 2 aromatic rings. The van der Waals surface area contributed by atoms with E-state index in [0.29, 0.717) is 18.8 Å². The molecule has 0 aliphatic carbocycles. The maximum absolute atomic E-state index is 11.0. The second kappa shape index (κ2) is 7.57. The van der Waals surface area contributed by atoms with Gasteiger partial charge in [-0.05, 0) is 57.0 Å². The molecular weight excluding hydrogens is 302 g/mol. The van der Waals surface area contributed by atoms with Crippen molar-refractivity contribution < 1.29 is 4.79 Å². The first kappa shape index (κ1) is 16.6. The number of nitrogens with zero attached hydrogens (tertiary/aromatic N) is 3. The molecule has 3 N–H and O–H groups in total. The predicted octanol–water partition coefficient (Wildman–Crippen LogP) is 1.91. The van der Waals surface area contributed by atoms with Crippen molar-refractivity contribution in [2.24, 2.45) is 5.73 Å². The number of amides is 1. The van der Waals surface area contributed by atoms with Gasteiger partial charge in [-0.1, -0.05) is 0 Å². The standard InChI is InChI=1S/C18H25N5O/c1-13-10-14(2-3-17(19)24)11-16(22-13)15-4-8-23(9-5-15)12-18-20-6-7-21-18/h6-7,10-11,15H,2-5,8-9,12H2,1H3,(H2,19,24)(H,20,21). The van der Waals surface area contributed by atoms with Gasteiger partial charge in [0, 0.05) is 36.1 Å². The first-order chi connectivity index (χ1) is 11.6. The molecular formula is C18H25N5O. The predicted molar refractivity (Wildman–Crippen MR) is 92.3 cm³/mol. The van der Waals surface area contributed by atoms with Gasteiger partial charge in [0.25, 0.3) is 0 Å². The highest BCUT2D eigenvalue weighted by molar-refractivity contribution is 5.74. The van der Waals surface area contributed by atoms with Crippen LogP contribution >= 0.6 is 0 Å². The zero-order valence-electron chi connectivity index (χ0n) is 14.2. The van der Waals surface area contributed by atoms with Crippen LogP contribution in [0.25, 0.3) is 0 Å². The minimum absolute atomic E-state index is 0.253. The third-order valence-corrected chi connectivity index (χ3v) is 4.63. The number of carbonyl (C=O) groups excluding carboxylic acids is 1. The smallest absolute Gasteiger partial charge is 0.217 e. The van der Waals surface area contributed by atoms with E-state index in [-0.39, 0.29) is 5.91 Å². The number of pyridine rings is 1. The Bertz CT molecular complexity index is 675. The van der Waals surface area contributed by atoms with Crippen molar-refractivity contribution in [3.05, 3.63) is 47.3 Å². The van der Waals surface area contributed by atoms with Crippen molar-refractivity contribution in [2.45, 2.75) is 45.1 Å². The van der Waals surface area contributed by atoms with Crippen LogP contribution < -0.4 is 5.73 Å². The van der Waals surface area contributed by atoms with Crippen LogP contribution in [0, 0.1) is 6.92 Å². The molecule has 0 unspecified atom stereocenters. The third kappa shape index (κ3) is 4.41. The van der Waals surface area contributed by atoms with Gasteiger partial charge < -0.3 is 10.7 Å². The average molecular weight is 327 g/mol. The number of hydrogen-bond acceptors (Lipinski definition) is 4. The van der Waals surface area contributed by atoms with Crippen LogP contribution in [0.2, 0.25) is 0 Å². The highest BCUT2D eigenvalue weighted by Crippen LogP contribution is 2.28. The molecule has 2 aromatic heterocycles. The molecule has 1 fully saturated rings. The number of aromatic amines is 1. The van der Waals surface area contributed by atoms with Crippen molar-refractivity contribution in [2.75, 3.05) is 13.1 Å². The highest BCUT2D eigenvalue weighted by Gasteiger charge is 2.22. The summed E-state index contributed by atoms with van der Waals surface area (Å²) in [6.45, 7) is 5.00. The SMILES string of the molecule is Cc1cc(CCC(N)=O)cc(C2CCN(Cc3ncc[nH]3)CC2)n1. The number of aromatic nitrogens is 3. The van der Waals surface area contributed by atoms with Crippen molar-refractivity contribution in [1.29, 1.82) is 0 Å². The second-order valence-electron chi connectivity index (χ2n) is 6.59. The number of carbonyl (C=O) groups is 1. The van der Waals surface area contributed by atoms with Crippen LogP contribution in [0.4, 0.5) is 0 Å². The van der Waals surface area contributed by atoms with Crippen LogP contribution in [0.3, 0.4) is 0 Å². The Balaban J connectivity index is 1.60. The van der Waals surface area contributed by atoms with E-state index in [1.54, 1.807) is 6.20 Å². The van der Waals surface area contributed by atoms with E-state index in [1.807, 2.05) is 13.1 Å². The summed E-state index contributed by atoms with van der Waals surface area (Å²) in [5, 5.41) is 0. The van der Waals surface area contributed by atoms with Gasteiger partial charge >= 0.3 is 0 Å². The lowest BCUT2D eigenvalue weighted by molar-refractivity contribution is -0.117. The zero-order chi connectivity index (χ0) is 16.9. The summed E-state index contributed by atoms with van der Waals surface area (Å²) in [5.74, 6) is 1.26. The van der Waals surface area contributed by atoms with Gasteiger partial charge in [-0.3, -0.25) is 14.7 Å². The van der Waals surface area contributed by atoms with Crippen molar-refractivity contribution in [1.82, 2.24) is 19.9 Å². The Morgan fingerprint density at radius 3 is 2.83 bits per heavy atom. The number of rotatable bonds is 6. The van der Waals surface area contributed by atoms with Crippen LogP contribution in [-0.4, -0.2) is 38.8 Å². The second-order valence-corrected chi connectivity index (χ2v) is 6.59. The average Bonchev–Trinajstić information content (AvgIpc) is 3.06. The highest BCUT2D eigenvalue weighted by atomic mass is 16.1. The maximum atomic E-state index is 11.0. The Kier molecular flexibility index (Phi) is 5.25. The molecule has 0 spiro atoms. The number of hydrogen-bond donors (Lipinski definition) is 2. The fourth-order valence-corrected chi connectivity index (χ4v) is 3.37. The zero-order valence-corrected chi connectivity index (χ0v) is 14.2. The minimum Gasteiger partial charge on any atom is -0.370 e. The number of aryl methyl sites for hydroxylation is 2. The Hall–Kier alpha value is -2.21. The molecule has 0 aromatic carbocycles. The number of likely N-dealkylation sites (tertiary alicyclic amines) is 1. The van der Waals surface area contributed by atoms with Crippen LogP contribution in [0.5, 0.6) is 0 Å². The Labute approximate surface area is 142 Å². The molecule has 0 bridgehead atoms. The van der Waals surface area contributed by atoms with Gasteiger partial charge in [-0.25, -0.2) is 4.98 Å². The fraction of sp³-hybridized carbons (Fsp3) is 0.500. The summed E-state index contributed by atoms with van der Waals surface area (Å²) < 4.78 is 0. The topological polar surface area (TPSA) is 87.9 Å². The molecule has 1 amide bonds. The van der Waals surface area contributed by atoms with Gasteiger partial charge in [-0.15, -0.1) is 0 Å². The molecule has 1 saturated heterocycles. The third-order valence-electron chi connectivity index (χ3n) is 4.63. The molecule has 1 aliphatic rings. The van der Waals surface area contributed by atoms with E-state index in [4.69, 9.17) is 10.7 Å². The van der Waals surface area contributed by atoms with E-state index in [9.17, 15) is 4.79 Å². The van der Waals surface area contributed by atoms with Crippen LogP contribution in [0.1, 0.15) is 48.0 Å². The lowest BCUT2D eigenvalue weighted by Gasteiger charge is -2.31. The summed E-state index contributed by atoms with van der Waals surface area (Å²) in [5.41, 5.74) is 8.60. The number of nitrogens with one attached hydrogen (secondary N) is 1. The van der Waals surface area contributed by atoms with Crippen molar-refractivity contribution in [3.63, 3.8) is 0 Å². The number of primary amides is 1.